The number of thiazole rings is 1. The average molecular weight is 412 g/mol. The van der Waals surface area contributed by atoms with Crippen LogP contribution in [0.1, 0.15) is 28.4 Å². The number of aryl methyl sites for hydroxylation is 2. The molecule has 1 amide bonds. The van der Waals surface area contributed by atoms with Crippen molar-refractivity contribution in [1.29, 1.82) is 0 Å². The van der Waals surface area contributed by atoms with Gasteiger partial charge in [0.25, 0.3) is 5.91 Å². The molecule has 0 unspecified atom stereocenters. The van der Waals surface area contributed by atoms with Crippen LogP contribution in [-0.4, -0.2) is 37.1 Å². The highest BCUT2D eigenvalue weighted by Gasteiger charge is 2.14. The SMILES string of the molecule is CCOC(=O)Cn1c(=NC(=O)c2ccc(N(C)C)cc2)sc2c(C)cc(C)cc21. The molecule has 6 nitrogen and oxygen atoms in total. The van der Waals surface area contributed by atoms with Crippen molar-refractivity contribution in [2.75, 3.05) is 25.6 Å². The van der Waals surface area contributed by atoms with E-state index < -0.39 is 0 Å². The van der Waals surface area contributed by atoms with E-state index in [1.165, 1.54) is 11.3 Å². The van der Waals surface area contributed by atoms with Crippen LogP contribution in [0, 0.1) is 13.8 Å². The molecule has 152 valence electrons. The highest BCUT2D eigenvalue weighted by molar-refractivity contribution is 7.16. The van der Waals surface area contributed by atoms with Gasteiger partial charge in [-0.1, -0.05) is 17.4 Å². The van der Waals surface area contributed by atoms with Gasteiger partial charge < -0.3 is 14.2 Å². The Morgan fingerprint density at radius 3 is 2.45 bits per heavy atom. The molecule has 0 radical (unpaired) electrons. The maximum atomic E-state index is 12.8. The molecule has 0 N–H and O–H groups in total. The molecular weight excluding hydrogens is 386 g/mol. The smallest absolute Gasteiger partial charge is 0.326 e. The largest absolute Gasteiger partial charge is 0.465 e. The van der Waals surface area contributed by atoms with Gasteiger partial charge in [-0.25, -0.2) is 0 Å². The summed E-state index contributed by atoms with van der Waals surface area (Å²) in [6.45, 7) is 6.12. The van der Waals surface area contributed by atoms with E-state index in [2.05, 4.69) is 11.1 Å². The van der Waals surface area contributed by atoms with Gasteiger partial charge in [-0.2, -0.15) is 4.99 Å². The second-order valence-electron chi connectivity index (χ2n) is 7.06. The predicted molar refractivity (Wildman–Crippen MR) is 117 cm³/mol. The molecule has 29 heavy (non-hydrogen) atoms. The highest BCUT2D eigenvalue weighted by atomic mass is 32.1. The van der Waals surface area contributed by atoms with E-state index in [1.807, 2.05) is 51.0 Å². The Morgan fingerprint density at radius 2 is 1.83 bits per heavy atom. The molecule has 0 aliphatic heterocycles. The van der Waals surface area contributed by atoms with Gasteiger partial charge >= 0.3 is 5.97 Å². The number of carbonyl (C=O) groups is 2. The number of amides is 1. The lowest BCUT2D eigenvalue weighted by Crippen LogP contribution is -2.23. The van der Waals surface area contributed by atoms with Crippen LogP contribution in [0.5, 0.6) is 0 Å². The average Bonchev–Trinajstić information content (AvgIpc) is 2.99. The number of benzene rings is 2. The van der Waals surface area contributed by atoms with Crippen molar-refractivity contribution in [3.8, 4) is 0 Å². The summed E-state index contributed by atoms with van der Waals surface area (Å²) in [5.41, 5.74) is 4.57. The molecule has 1 aromatic heterocycles. The molecule has 0 spiro atoms. The number of nitrogens with zero attached hydrogens (tertiary/aromatic N) is 3. The Balaban J connectivity index is 2.10. The second-order valence-corrected chi connectivity index (χ2v) is 8.04. The van der Waals surface area contributed by atoms with E-state index in [1.54, 1.807) is 23.6 Å². The van der Waals surface area contributed by atoms with Crippen molar-refractivity contribution in [3.05, 3.63) is 57.9 Å². The van der Waals surface area contributed by atoms with Crippen LogP contribution in [0.3, 0.4) is 0 Å². The van der Waals surface area contributed by atoms with E-state index in [-0.39, 0.29) is 18.4 Å². The Bertz CT molecular complexity index is 1120. The first-order valence-electron chi connectivity index (χ1n) is 9.42. The topological polar surface area (TPSA) is 63.9 Å². The lowest BCUT2D eigenvalue weighted by Gasteiger charge is -2.11. The van der Waals surface area contributed by atoms with Crippen LogP contribution in [0.15, 0.2) is 41.4 Å². The number of aromatic nitrogens is 1. The maximum absolute atomic E-state index is 12.8. The number of carbonyl (C=O) groups excluding carboxylic acids is 2. The zero-order valence-corrected chi connectivity index (χ0v) is 18.2. The quantitative estimate of drug-likeness (QED) is 0.601. The summed E-state index contributed by atoms with van der Waals surface area (Å²) in [6, 6.07) is 11.4. The molecule has 0 saturated carbocycles. The molecule has 0 fully saturated rings. The van der Waals surface area contributed by atoms with E-state index in [9.17, 15) is 9.59 Å². The molecule has 3 aromatic rings. The van der Waals surface area contributed by atoms with Crippen molar-refractivity contribution in [2.24, 2.45) is 4.99 Å². The number of esters is 1. The minimum atomic E-state index is -0.351. The van der Waals surface area contributed by atoms with E-state index >= 15 is 0 Å². The van der Waals surface area contributed by atoms with Crippen molar-refractivity contribution in [3.63, 3.8) is 0 Å². The monoisotopic (exact) mass is 411 g/mol. The van der Waals surface area contributed by atoms with Crippen LogP contribution < -0.4 is 9.70 Å². The Morgan fingerprint density at radius 1 is 1.14 bits per heavy atom. The van der Waals surface area contributed by atoms with Gasteiger partial charge in [0.05, 0.1) is 16.8 Å². The summed E-state index contributed by atoms with van der Waals surface area (Å²) >= 11 is 1.41. The standard InChI is InChI=1S/C22H25N3O3S/c1-6-28-19(26)13-25-18-12-14(2)11-15(3)20(18)29-22(25)23-21(27)16-7-9-17(10-8-16)24(4)5/h7-12H,6,13H2,1-5H3. The van der Waals surface area contributed by atoms with Crippen LogP contribution in [0.2, 0.25) is 0 Å². The number of hydrogen-bond acceptors (Lipinski definition) is 5. The summed E-state index contributed by atoms with van der Waals surface area (Å²) in [4.78, 5) is 31.8. The van der Waals surface area contributed by atoms with E-state index in [4.69, 9.17) is 4.74 Å². The van der Waals surface area contributed by atoms with Crippen LogP contribution in [-0.2, 0) is 16.1 Å². The van der Waals surface area contributed by atoms with Gasteiger partial charge in [0.15, 0.2) is 4.80 Å². The minimum Gasteiger partial charge on any atom is -0.465 e. The highest BCUT2D eigenvalue weighted by Crippen LogP contribution is 2.23. The third-order valence-corrected chi connectivity index (χ3v) is 5.76. The fourth-order valence-electron chi connectivity index (χ4n) is 3.14. The molecule has 7 heteroatoms. The number of fused-ring (bicyclic) bond motifs is 1. The Kier molecular flexibility index (Phi) is 6.17. The first-order chi connectivity index (χ1) is 13.8. The molecule has 0 bridgehead atoms. The zero-order valence-electron chi connectivity index (χ0n) is 17.4. The molecular formula is C22H25N3O3S. The molecule has 0 aliphatic carbocycles. The van der Waals surface area contributed by atoms with Crippen molar-refractivity contribution in [2.45, 2.75) is 27.3 Å². The van der Waals surface area contributed by atoms with Crippen molar-refractivity contribution >= 4 is 39.1 Å². The lowest BCUT2D eigenvalue weighted by atomic mass is 10.1. The first-order valence-corrected chi connectivity index (χ1v) is 10.2. The predicted octanol–water partition coefficient (Wildman–Crippen LogP) is 3.69. The number of rotatable bonds is 5. The number of ether oxygens (including phenoxy) is 1. The van der Waals surface area contributed by atoms with Gasteiger partial charge in [-0.15, -0.1) is 0 Å². The Labute approximate surface area is 174 Å². The maximum Gasteiger partial charge on any atom is 0.326 e. The van der Waals surface area contributed by atoms with Gasteiger partial charge in [0.1, 0.15) is 6.54 Å². The normalized spacial score (nSPS) is 11.7. The zero-order chi connectivity index (χ0) is 21.1. The minimum absolute atomic E-state index is 0.0163. The van der Waals surface area contributed by atoms with Gasteiger partial charge in [0.2, 0.25) is 0 Å². The van der Waals surface area contributed by atoms with Crippen LogP contribution in [0.25, 0.3) is 10.2 Å². The van der Waals surface area contributed by atoms with Crippen molar-refractivity contribution < 1.29 is 14.3 Å². The van der Waals surface area contributed by atoms with Gasteiger partial charge in [-0.3, -0.25) is 9.59 Å². The van der Waals surface area contributed by atoms with Crippen LogP contribution in [0.4, 0.5) is 5.69 Å². The molecule has 0 atom stereocenters. The molecule has 2 aromatic carbocycles. The summed E-state index contributed by atoms with van der Waals surface area (Å²) in [7, 11) is 3.89. The molecule has 3 rings (SSSR count). The number of anilines is 1. The molecule has 1 heterocycles. The summed E-state index contributed by atoms with van der Waals surface area (Å²) < 4.78 is 7.90. The molecule has 0 aliphatic rings. The lowest BCUT2D eigenvalue weighted by molar-refractivity contribution is -0.143. The fourth-order valence-corrected chi connectivity index (χ4v) is 4.22. The summed E-state index contributed by atoms with van der Waals surface area (Å²) in [5.74, 6) is -0.690. The third kappa shape index (κ3) is 4.56. The fraction of sp³-hybridized carbons (Fsp3) is 0.318. The van der Waals surface area contributed by atoms with E-state index in [0.29, 0.717) is 17.0 Å². The Hall–Kier alpha value is -2.93. The van der Waals surface area contributed by atoms with E-state index in [0.717, 1.165) is 27.0 Å². The third-order valence-electron chi connectivity index (χ3n) is 4.53. The number of hydrogen-bond donors (Lipinski definition) is 0. The van der Waals surface area contributed by atoms with Gasteiger partial charge in [0, 0.05) is 25.3 Å². The van der Waals surface area contributed by atoms with Crippen LogP contribution >= 0.6 is 11.3 Å². The molecule has 0 saturated heterocycles. The summed E-state index contributed by atoms with van der Waals surface area (Å²) in [5, 5.41) is 0. The first kappa shape index (κ1) is 20.8. The summed E-state index contributed by atoms with van der Waals surface area (Å²) in [6.07, 6.45) is 0. The second kappa shape index (κ2) is 8.61. The van der Waals surface area contributed by atoms with Crippen molar-refractivity contribution in [1.82, 2.24) is 4.57 Å². The van der Waals surface area contributed by atoms with Gasteiger partial charge in [-0.05, 0) is 62.2 Å².